The van der Waals surface area contributed by atoms with Crippen LogP contribution in [0.3, 0.4) is 0 Å². The lowest BCUT2D eigenvalue weighted by Crippen LogP contribution is -2.45. The number of halogens is 2. The van der Waals surface area contributed by atoms with E-state index >= 15 is 0 Å². The molecule has 1 aromatic heterocycles. The highest BCUT2D eigenvalue weighted by atomic mass is 32.2. The van der Waals surface area contributed by atoms with Crippen LogP contribution in [0, 0.1) is 16.6 Å². The summed E-state index contributed by atoms with van der Waals surface area (Å²) in [6, 6.07) is 3.23. The first-order valence-electron chi connectivity index (χ1n) is 9.52. The second kappa shape index (κ2) is 10.4. The Morgan fingerprint density at radius 3 is 2.76 bits per heavy atom. The summed E-state index contributed by atoms with van der Waals surface area (Å²) in [6.45, 7) is 1.11. The third kappa shape index (κ3) is 6.23. The van der Waals surface area contributed by atoms with Crippen LogP contribution in [0.15, 0.2) is 35.6 Å². The maximum atomic E-state index is 14.7. The quantitative estimate of drug-likeness (QED) is 0.328. The minimum absolute atomic E-state index is 0.0309. The molecule has 1 aliphatic heterocycles. The Bertz CT molecular complexity index is 1110. The molecule has 10 nitrogen and oxygen atoms in total. The molecule has 0 amide bonds. The molecule has 0 saturated heterocycles. The highest BCUT2D eigenvalue weighted by Gasteiger charge is 2.31. The molecule has 1 aromatic carbocycles. The Balaban J connectivity index is 1.74. The Morgan fingerprint density at radius 1 is 1.36 bits per heavy atom. The van der Waals surface area contributed by atoms with Gasteiger partial charge in [0.15, 0.2) is 24.1 Å². The van der Waals surface area contributed by atoms with E-state index in [4.69, 9.17) is 26.0 Å². The number of hydrogen-bond acceptors (Lipinski definition) is 10. The molecular formula is C20H21F2N7O3S. The first kappa shape index (κ1) is 24.1. The molecule has 2 heterocycles. The summed E-state index contributed by atoms with van der Waals surface area (Å²) in [7, 11) is 1.53. The predicted molar refractivity (Wildman–Crippen MR) is 120 cm³/mol. The van der Waals surface area contributed by atoms with Gasteiger partial charge in [-0.1, -0.05) is 6.07 Å². The molecule has 0 radical (unpaired) electrons. The first-order valence-corrected chi connectivity index (χ1v) is 10.8. The van der Waals surface area contributed by atoms with Gasteiger partial charge in [-0.2, -0.15) is 4.31 Å². The summed E-state index contributed by atoms with van der Waals surface area (Å²) < 4.78 is 52.5. The van der Waals surface area contributed by atoms with Crippen molar-refractivity contribution in [3.8, 4) is 5.88 Å². The van der Waals surface area contributed by atoms with Gasteiger partial charge in [0.05, 0.1) is 30.8 Å². The van der Waals surface area contributed by atoms with Crippen LogP contribution < -0.4 is 10.5 Å². The van der Waals surface area contributed by atoms with Gasteiger partial charge in [-0.15, -0.1) is 0 Å². The van der Waals surface area contributed by atoms with Crippen LogP contribution in [-0.2, 0) is 16.1 Å². The van der Waals surface area contributed by atoms with E-state index in [1.54, 1.807) is 0 Å². The normalized spacial score (nSPS) is 18.5. The van der Waals surface area contributed by atoms with Crippen molar-refractivity contribution >= 4 is 41.0 Å². The van der Waals surface area contributed by atoms with Gasteiger partial charge in [0.25, 0.3) is 0 Å². The number of nitrogens with one attached hydrogen (secondary N) is 2. The highest BCUT2D eigenvalue weighted by molar-refractivity contribution is 7.89. The first-order chi connectivity index (χ1) is 15.6. The van der Waals surface area contributed by atoms with Crippen LogP contribution in [0.4, 0.5) is 8.78 Å². The van der Waals surface area contributed by atoms with Crippen molar-refractivity contribution in [2.45, 2.75) is 13.0 Å². The number of rotatable bonds is 6. The molecule has 174 valence electrons. The van der Waals surface area contributed by atoms with Crippen molar-refractivity contribution in [2.75, 3.05) is 19.4 Å². The fourth-order valence-corrected chi connectivity index (χ4v) is 3.79. The van der Waals surface area contributed by atoms with E-state index in [-0.39, 0.29) is 47.3 Å². The van der Waals surface area contributed by atoms with Crippen molar-refractivity contribution in [1.82, 2.24) is 14.3 Å². The van der Waals surface area contributed by atoms with Crippen LogP contribution in [0.2, 0.25) is 0 Å². The van der Waals surface area contributed by atoms with Gasteiger partial charge in [-0.25, -0.2) is 23.7 Å². The lowest BCUT2D eigenvalue weighted by atomic mass is 10.0. The molecule has 4 N–H and O–H groups in total. The molecule has 1 aliphatic rings. The van der Waals surface area contributed by atoms with E-state index in [0.29, 0.717) is 5.56 Å². The third-order valence-corrected chi connectivity index (χ3v) is 5.79. The standard InChI is InChI=1S/C20H21F2N7O3S/c1-11(23)32-18(24)9-31-19-8-26-16(7-27-19)15(22)6-12-3-4-14(21)13(5-12)17-10-33(30)29(2)20(25)28-17/h3-8,17,23-24H,9-10H2,1-2H3,(H2,25,28)/b15-6-,23-11?,24-18?. The molecule has 0 saturated carbocycles. The zero-order valence-corrected chi connectivity index (χ0v) is 18.5. The van der Waals surface area contributed by atoms with Crippen molar-refractivity contribution in [2.24, 2.45) is 10.7 Å². The second-order valence-corrected chi connectivity index (χ2v) is 8.40. The van der Waals surface area contributed by atoms with Gasteiger partial charge in [-0.05, 0) is 23.8 Å². The lowest BCUT2D eigenvalue weighted by Gasteiger charge is -2.28. The van der Waals surface area contributed by atoms with E-state index in [9.17, 15) is 13.3 Å². The summed E-state index contributed by atoms with van der Waals surface area (Å²) in [4.78, 5) is 12.0. The van der Waals surface area contributed by atoms with E-state index in [0.717, 1.165) is 12.3 Å². The summed E-state index contributed by atoms with van der Waals surface area (Å²) in [5.41, 5.74) is 6.16. The van der Waals surface area contributed by atoms with E-state index < -0.39 is 29.0 Å². The largest absolute Gasteiger partial charge is 0.593 e. The fraction of sp³-hybridized carbons (Fsp3) is 0.250. The van der Waals surface area contributed by atoms with Crippen molar-refractivity contribution < 1.29 is 22.8 Å². The molecule has 2 unspecified atom stereocenters. The molecule has 13 heteroatoms. The van der Waals surface area contributed by atoms with E-state index in [1.807, 2.05) is 0 Å². The summed E-state index contributed by atoms with van der Waals surface area (Å²) in [5.74, 6) is -1.60. The SMILES string of the molecule is CC(=N)OC(=N)COc1cnc(/C(F)=C/c2ccc(F)c(C3C[S+]([O-])N(C)C(N)=N3)c2)cn1. The van der Waals surface area contributed by atoms with Gasteiger partial charge >= 0.3 is 0 Å². The van der Waals surface area contributed by atoms with Crippen LogP contribution in [0.25, 0.3) is 11.9 Å². The van der Waals surface area contributed by atoms with Crippen LogP contribution in [0.5, 0.6) is 5.88 Å². The molecular weight excluding hydrogens is 456 g/mol. The maximum Gasteiger partial charge on any atom is 0.234 e. The Kier molecular flexibility index (Phi) is 7.55. The van der Waals surface area contributed by atoms with Crippen molar-refractivity contribution in [3.63, 3.8) is 0 Å². The van der Waals surface area contributed by atoms with Gasteiger partial charge < -0.3 is 19.8 Å². The lowest BCUT2D eigenvalue weighted by molar-refractivity contribution is 0.330. The van der Waals surface area contributed by atoms with Crippen molar-refractivity contribution in [3.05, 3.63) is 53.2 Å². The zero-order valence-electron chi connectivity index (χ0n) is 17.7. The van der Waals surface area contributed by atoms with E-state index in [1.165, 1.54) is 42.7 Å². The number of aliphatic imine (C=N–C) groups is 1. The Morgan fingerprint density at radius 2 is 2.12 bits per heavy atom. The summed E-state index contributed by atoms with van der Waals surface area (Å²) >= 11 is -1.45. The Labute approximate surface area is 191 Å². The smallest absolute Gasteiger partial charge is 0.234 e. The zero-order chi connectivity index (χ0) is 24.1. The highest BCUT2D eigenvalue weighted by Crippen LogP contribution is 2.29. The minimum Gasteiger partial charge on any atom is -0.593 e. The average Bonchev–Trinajstić information content (AvgIpc) is 2.77. The average molecular weight is 477 g/mol. The Hall–Kier alpha value is -3.58. The minimum atomic E-state index is -1.45. The predicted octanol–water partition coefficient (Wildman–Crippen LogP) is 2.42. The van der Waals surface area contributed by atoms with Crippen LogP contribution in [0.1, 0.15) is 29.8 Å². The number of nitrogens with two attached hydrogens (primary N) is 1. The van der Waals surface area contributed by atoms with Crippen LogP contribution in [-0.4, -0.2) is 56.0 Å². The molecule has 2 aromatic rings. The number of guanidine groups is 1. The number of ether oxygens (including phenoxy) is 2. The fourth-order valence-electron chi connectivity index (χ4n) is 2.78. The van der Waals surface area contributed by atoms with Gasteiger partial charge in [0.2, 0.25) is 17.7 Å². The second-order valence-electron chi connectivity index (χ2n) is 6.87. The molecule has 0 aliphatic carbocycles. The number of benzene rings is 1. The van der Waals surface area contributed by atoms with Gasteiger partial charge in [-0.3, -0.25) is 10.8 Å². The number of aromatic nitrogens is 2. The van der Waals surface area contributed by atoms with Crippen molar-refractivity contribution in [1.29, 1.82) is 10.8 Å². The number of hydrogen-bond donors (Lipinski definition) is 3. The van der Waals surface area contributed by atoms with Gasteiger partial charge in [0, 0.05) is 12.5 Å². The maximum absolute atomic E-state index is 14.7. The van der Waals surface area contributed by atoms with Gasteiger partial charge in [0.1, 0.15) is 17.6 Å². The monoisotopic (exact) mass is 477 g/mol. The molecule has 33 heavy (non-hydrogen) atoms. The summed E-state index contributed by atoms with van der Waals surface area (Å²) in [6.07, 6.45) is 3.47. The molecule has 0 spiro atoms. The topological polar surface area (TPSA) is 157 Å². The van der Waals surface area contributed by atoms with E-state index in [2.05, 4.69) is 15.0 Å². The summed E-state index contributed by atoms with van der Waals surface area (Å²) in [5, 5.41) is 14.6. The number of nitrogens with zero attached hydrogens (tertiary/aromatic N) is 4. The molecule has 0 fully saturated rings. The molecule has 2 atom stereocenters. The van der Waals surface area contributed by atoms with Crippen LogP contribution >= 0.6 is 0 Å². The molecule has 0 bridgehead atoms. The molecule has 3 rings (SSSR count). The third-order valence-electron chi connectivity index (χ3n) is 4.39.